The van der Waals surface area contributed by atoms with Crippen molar-refractivity contribution in [2.45, 2.75) is 5.16 Å². The molecule has 1 aliphatic heterocycles. The Morgan fingerprint density at radius 3 is 3.00 bits per heavy atom. The fraction of sp³-hybridized carbons (Fsp3) is 0.111. The van der Waals surface area contributed by atoms with Gasteiger partial charge in [0, 0.05) is 0 Å². The Balaban J connectivity index is 2.41. The summed E-state index contributed by atoms with van der Waals surface area (Å²) in [6, 6.07) is 7.63. The Morgan fingerprint density at radius 1 is 1.33 bits per heavy atom. The van der Waals surface area contributed by atoms with Crippen LogP contribution < -0.4 is 0 Å². The molecule has 0 saturated carbocycles. The van der Waals surface area contributed by atoms with Gasteiger partial charge in [0.25, 0.3) is 5.91 Å². The average Bonchev–Trinajstić information content (AvgIpc) is 2.51. The summed E-state index contributed by atoms with van der Waals surface area (Å²) in [5.74, 6) is 0.465. The summed E-state index contributed by atoms with van der Waals surface area (Å²) in [4.78, 5) is 11.5. The normalized spacial score (nSPS) is 14.3. The van der Waals surface area contributed by atoms with Crippen LogP contribution in [-0.4, -0.2) is 31.6 Å². The second kappa shape index (κ2) is 3.16. The number of rotatable bonds is 0. The molecule has 2 heterocycles. The zero-order chi connectivity index (χ0) is 10.3. The molecular weight excluding hydrogens is 212 g/mol. The van der Waals surface area contributed by atoms with E-state index in [1.54, 1.807) is 0 Å². The van der Waals surface area contributed by atoms with Crippen LogP contribution in [0, 0.1) is 0 Å². The van der Waals surface area contributed by atoms with E-state index in [9.17, 15) is 4.79 Å². The molecule has 1 aromatic heterocycles. The summed E-state index contributed by atoms with van der Waals surface area (Å²) >= 11 is 1.42. The first-order valence-electron chi connectivity index (χ1n) is 4.50. The molecule has 0 fully saturated rings. The van der Waals surface area contributed by atoms with E-state index in [0.717, 1.165) is 11.0 Å². The van der Waals surface area contributed by atoms with Gasteiger partial charge in [0.05, 0.1) is 16.8 Å². The van der Waals surface area contributed by atoms with Crippen LogP contribution in [0.3, 0.4) is 0 Å². The molecule has 2 aromatic rings. The van der Waals surface area contributed by atoms with Crippen molar-refractivity contribution in [1.82, 2.24) is 20.0 Å². The lowest BCUT2D eigenvalue weighted by molar-refractivity contribution is 0.0920. The highest BCUT2D eigenvalue weighted by atomic mass is 32.2. The van der Waals surface area contributed by atoms with E-state index in [4.69, 9.17) is 0 Å². The van der Waals surface area contributed by atoms with Gasteiger partial charge in [-0.3, -0.25) is 15.0 Å². The number of aromatic amines is 2. The van der Waals surface area contributed by atoms with Crippen LogP contribution >= 0.6 is 11.8 Å². The van der Waals surface area contributed by atoms with Crippen LogP contribution in [0.2, 0.25) is 0 Å². The third-order valence-electron chi connectivity index (χ3n) is 2.20. The lowest BCUT2D eigenvalue weighted by Crippen LogP contribution is -2.10. The zero-order valence-electron chi connectivity index (χ0n) is 7.73. The number of nitrogens with zero attached hydrogens (tertiary/aromatic N) is 2. The Labute approximate surface area is 89.2 Å². The summed E-state index contributed by atoms with van der Waals surface area (Å²) in [6.45, 7) is 0. The molecule has 0 amide bonds. The van der Waals surface area contributed by atoms with Crippen molar-refractivity contribution in [2.24, 2.45) is 0 Å². The molecule has 0 saturated heterocycles. The van der Waals surface area contributed by atoms with Gasteiger partial charge >= 0.3 is 0 Å². The summed E-state index contributed by atoms with van der Waals surface area (Å²) in [6.07, 6.45) is 0. The zero-order valence-corrected chi connectivity index (χ0v) is 8.54. The molecule has 0 aliphatic carbocycles. The Bertz CT molecular complexity index is 578. The van der Waals surface area contributed by atoms with E-state index < -0.39 is 0 Å². The van der Waals surface area contributed by atoms with Gasteiger partial charge in [-0.1, -0.05) is 23.9 Å². The van der Waals surface area contributed by atoms with Gasteiger partial charge in [0.1, 0.15) is 0 Å². The van der Waals surface area contributed by atoms with Crippen molar-refractivity contribution >= 4 is 28.7 Å². The SMILES string of the molecule is O=C1CSc2n[nH]c3ccccc3[nH]n21. The second-order valence-electron chi connectivity index (χ2n) is 3.18. The van der Waals surface area contributed by atoms with Crippen molar-refractivity contribution < 1.29 is 4.79 Å². The van der Waals surface area contributed by atoms with Crippen LogP contribution in [0.25, 0.3) is 11.0 Å². The first kappa shape index (κ1) is 8.60. The number of nitrogens with one attached hydrogen (secondary N) is 2. The predicted molar refractivity (Wildman–Crippen MR) is 57.4 cm³/mol. The van der Waals surface area contributed by atoms with Crippen molar-refractivity contribution in [3.05, 3.63) is 24.3 Å². The molecule has 2 N–H and O–H groups in total. The summed E-state index contributed by atoms with van der Waals surface area (Å²) in [7, 11) is 0. The number of carbonyl (C=O) groups excluding carboxylic acids is 1. The van der Waals surface area contributed by atoms with E-state index in [2.05, 4.69) is 15.3 Å². The summed E-state index contributed by atoms with van der Waals surface area (Å²) < 4.78 is 1.48. The van der Waals surface area contributed by atoms with Gasteiger partial charge in [-0.25, -0.2) is 0 Å². The predicted octanol–water partition coefficient (Wildman–Crippen LogP) is 1.56. The van der Waals surface area contributed by atoms with Crippen LogP contribution in [0.1, 0.15) is 4.79 Å². The largest absolute Gasteiger partial charge is 0.287 e. The number of fused-ring (bicyclic) bond motifs is 2. The molecule has 0 unspecified atom stereocenters. The van der Waals surface area contributed by atoms with E-state index in [-0.39, 0.29) is 5.91 Å². The minimum Gasteiger partial charge on any atom is -0.287 e. The van der Waals surface area contributed by atoms with Gasteiger partial charge in [-0.15, -0.1) is 5.10 Å². The van der Waals surface area contributed by atoms with Gasteiger partial charge in [0.15, 0.2) is 0 Å². The van der Waals surface area contributed by atoms with Gasteiger partial charge in [-0.2, -0.15) is 4.68 Å². The molecule has 5 nitrogen and oxygen atoms in total. The molecule has 15 heavy (non-hydrogen) atoms. The monoisotopic (exact) mass is 220 g/mol. The fourth-order valence-corrected chi connectivity index (χ4v) is 2.23. The number of hydrogen-bond acceptors (Lipinski definition) is 3. The Morgan fingerprint density at radius 2 is 2.13 bits per heavy atom. The molecule has 0 spiro atoms. The molecule has 1 aromatic carbocycles. The maximum Gasteiger partial charge on any atom is 0.258 e. The number of H-pyrrole nitrogens is 2. The number of para-hydroxylation sites is 2. The molecule has 76 valence electrons. The fourth-order valence-electron chi connectivity index (χ4n) is 1.46. The number of thioether (sulfide) groups is 1. The standard InChI is InChI=1S/C9H8N4OS/c14-8-5-15-9-11-10-6-3-1-2-4-7(6)12-13(8)9/h1-4,10,12H,5H2. The lowest BCUT2D eigenvalue weighted by atomic mass is 10.3. The molecule has 0 bridgehead atoms. The Hall–Kier alpha value is -1.69. The van der Waals surface area contributed by atoms with Crippen molar-refractivity contribution in [1.29, 1.82) is 0 Å². The molecule has 1 aliphatic rings. The maximum absolute atomic E-state index is 11.5. The molecule has 3 rings (SSSR count). The van der Waals surface area contributed by atoms with Gasteiger partial charge in [-0.05, 0) is 12.1 Å². The number of hydrogen-bond donors (Lipinski definition) is 2. The molecular formula is C9H8N4OS. The molecule has 6 heteroatoms. The summed E-state index contributed by atoms with van der Waals surface area (Å²) in [5.41, 5.74) is 1.72. The highest BCUT2D eigenvalue weighted by Crippen LogP contribution is 2.21. The van der Waals surface area contributed by atoms with E-state index >= 15 is 0 Å². The lowest BCUT2D eigenvalue weighted by Gasteiger charge is -1.95. The first-order valence-corrected chi connectivity index (χ1v) is 5.48. The second-order valence-corrected chi connectivity index (χ2v) is 4.12. The smallest absolute Gasteiger partial charge is 0.258 e. The maximum atomic E-state index is 11.5. The highest BCUT2D eigenvalue weighted by molar-refractivity contribution is 8.00. The van der Waals surface area contributed by atoms with Gasteiger partial charge in [0.2, 0.25) is 5.16 Å². The van der Waals surface area contributed by atoms with Crippen LogP contribution in [-0.2, 0) is 0 Å². The van der Waals surface area contributed by atoms with Crippen LogP contribution in [0.4, 0.5) is 0 Å². The van der Waals surface area contributed by atoms with E-state index in [1.807, 2.05) is 24.3 Å². The van der Waals surface area contributed by atoms with E-state index in [0.29, 0.717) is 10.9 Å². The quantitative estimate of drug-likeness (QED) is 0.708. The van der Waals surface area contributed by atoms with Crippen molar-refractivity contribution in [3.63, 3.8) is 0 Å². The highest BCUT2D eigenvalue weighted by Gasteiger charge is 2.19. The van der Waals surface area contributed by atoms with Gasteiger partial charge < -0.3 is 0 Å². The topological polar surface area (TPSA) is 66.5 Å². The number of benzene rings is 1. The molecule has 0 atom stereocenters. The van der Waals surface area contributed by atoms with Crippen LogP contribution in [0.5, 0.6) is 0 Å². The first-order chi connectivity index (χ1) is 7.34. The average molecular weight is 220 g/mol. The summed E-state index contributed by atoms with van der Waals surface area (Å²) in [5, 5.41) is 10.8. The third-order valence-corrected chi connectivity index (χ3v) is 3.12. The van der Waals surface area contributed by atoms with E-state index in [1.165, 1.54) is 16.4 Å². The number of carbonyl (C=O) groups is 1. The minimum atomic E-state index is 0.0252. The number of aromatic nitrogens is 4. The molecule has 0 radical (unpaired) electrons. The third kappa shape index (κ3) is 1.33. The van der Waals surface area contributed by atoms with Crippen molar-refractivity contribution in [2.75, 3.05) is 5.75 Å². The minimum absolute atomic E-state index is 0.0252. The van der Waals surface area contributed by atoms with Crippen molar-refractivity contribution in [3.8, 4) is 0 Å². The Kier molecular flexibility index (Phi) is 1.81. The van der Waals surface area contributed by atoms with Crippen LogP contribution in [0.15, 0.2) is 29.4 Å².